The lowest BCUT2D eigenvalue weighted by Crippen LogP contribution is -2.53. The van der Waals surface area contributed by atoms with Gasteiger partial charge in [-0.3, -0.25) is 9.36 Å². The Morgan fingerprint density at radius 3 is 1.91 bits per heavy atom. The van der Waals surface area contributed by atoms with E-state index in [1.165, 1.54) is 19.3 Å². The molecule has 3 atom stereocenters. The van der Waals surface area contributed by atoms with Crippen LogP contribution in [0.25, 0.3) is 11.1 Å². The molecule has 1 amide bonds. The molecule has 0 saturated heterocycles. The van der Waals surface area contributed by atoms with Crippen LogP contribution in [-0.2, 0) is 25.0 Å². The molecule has 4 saturated carbocycles. The fourth-order valence-corrected chi connectivity index (χ4v) is 13.0. The van der Waals surface area contributed by atoms with E-state index in [1.54, 1.807) is 0 Å². The van der Waals surface area contributed by atoms with E-state index in [2.05, 4.69) is 29.6 Å². The number of nitrogens with one attached hydrogen (secondary N) is 1. The lowest BCUT2D eigenvalue weighted by atomic mass is 9.54. The number of carboxylic acid groups (broad SMARTS) is 1. The Morgan fingerprint density at radius 1 is 0.851 bits per heavy atom. The highest BCUT2D eigenvalue weighted by Crippen LogP contribution is 2.65. The molecule has 0 radical (unpaired) electrons. The zero-order chi connectivity index (χ0) is 32.8. The van der Waals surface area contributed by atoms with Gasteiger partial charge >= 0.3 is 12.1 Å². The summed E-state index contributed by atoms with van der Waals surface area (Å²) in [6, 6.07) is 25.8. The number of carbonyl (C=O) groups excluding carboxylic acids is 1. The highest BCUT2D eigenvalue weighted by atomic mass is 31.2. The number of rotatable bonds is 12. The third kappa shape index (κ3) is 6.54. The zero-order valence-electron chi connectivity index (χ0n) is 27.3. The van der Waals surface area contributed by atoms with E-state index in [4.69, 9.17) is 9.26 Å². The molecule has 4 bridgehead atoms. The molecule has 5 aliphatic carbocycles. The smallest absolute Gasteiger partial charge is 0.407 e. The molecule has 0 heterocycles. The molecule has 3 aromatic carbocycles. The first-order valence-electron chi connectivity index (χ1n) is 17.3. The minimum absolute atomic E-state index is 0.108. The van der Waals surface area contributed by atoms with Crippen LogP contribution in [0.5, 0.6) is 0 Å². The van der Waals surface area contributed by atoms with Gasteiger partial charge < -0.3 is 19.7 Å². The van der Waals surface area contributed by atoms with Gasteiger partial charge in [-0.05, 0) is 96.4 Å². The van der Waals surface area contributed by atoms with Gasteiger partial charge in [-0.15, -0.1) is 0 Å². The van der Waals surface area contributed by atoms with Gasteiger partial charge in [0.1, 0.15) is 12.4 Å². The number of alkyl carbamates (subject to hydrolysis) is 1. The maximum Gasteiger partial charge on any atom is 0.407 e. The van der Waals surface area contributed by atoms with Crippen molar-refractivity contribution in [3.8, 4) is 11.1 Å². The van der Waals surface area contributed by atoms with Crippen molar-refractivity contribution < 1.29 is 28.5 Å². The first-order valence-corrected chi connectivity index (χ1v) is 19.2. The molecule has 0 aromatic heterocycles. The molecule has 0 aliphatic heterocycles. The number of carboxylic acids is 1. The summed E-state index contributed by atoms with van der Waals surface area (Å²) in [6.07, 6.45) is 5.60. The van der Waals surface area contributed by atoms with E-state index in [9.17, 15) is 14.7 Å². The molecular formula is C39H46NO6P. The van der Waals surface area contributed by atoms with E-state index in [0.29, 0.717) is 17.8 Å². The largest absolute Gasteiger partial charge is 0.481 e. The summed E-state index contributed by atoms with van der Waals surface area (Å²) in [6.45, 7) is 3.96. The number of amides is 1. The van der Waals surface area contributed by atoms with Crippen LogP contribution in [0.15, 0.2) is 78.9 Å². The standard InChI is InChI=1S/C39H46NO6P/c1-25(2)36(40-38(43)45-23-35-33-14-8-6-12-31(33)32-13-7-9-15-34(32)35)47(44,24-30(37(41)42)19-26-10-4-3-5-11-26)46-39-20-27-16-28(21-39)18-29(17-27)22-39/h3-15,25,27-30,35-36H,16-24H2,1-2H3,(H,40,43)(H,41,42). The quantitative estimate of drug-likeness (QED) is 0.189. The van der Waals surface area contributed by atoms with Crippen LogP contribution >= 0.6 is 7.37 Å². The number of hydrogen-bond donors (Lipinski definition) is 2. The van der Waals surface area contributed by atoms with Crippen LogP contribution in [0.1, 0.15) is 75.0 Å². The molecule has 7 nitrogen and oxygen atoms in total. The van der Waals surface area contributed by atoms with E-state index < -0.39 is 36.7 Å². The van der Waals surface area contributed by atoms with Gasteiger partial charge in [0.25, 0.3) is 0 Å². The molecular weight excluding hydrogens is 609 g/mol. The lowest BCUT2D eigenvalue weighted by molar-refractivity contribution is -0.141. The molecule has 3 unspecified atom stereocenters. The summed E-state index contributed by atoms with van der Waals surface area (Å²) in [5.41, 5.74) is 4.85. The topological polar surface area (TPSA) is 102 Å². The fourth-order valence-electron chi connectivity index (χ4n) is 9.59. The number of benzene rings is 3. The van der Waals surface area contributed by atoms with Crippen molar-refractivity contribution in [2.75, 3.05) is 12.8 Å². The predicted octanol–water partition coefficient (Wildman–Crippen LogP) is 8.71. The highest BCUT2D eigenvalue weighted by Gasteiger charge is 2.56. The first-order chi connectivity index (χ1) is 22.6. The third-order valence-corrected chi connectivity index (χ3v) is 14.4. The Kier molecular flexibility index (Phi) is 8.82. The van der Waals surface area contributed by atoms with Crippen molar-refractivity contribution in [2.24, 2.45) is 29.6 Å². The summed E-state index contributed by atoms with van der Waals surface area (Å²) >= 11 is 0. The molecule has 4 fully saturated rings. The number of ether oxygens (including phenoxy) is 1. The Labute approximate surface area is 277 Å². The van der Waals surface area contributed by atoms with Crippen molar-refractivity contribution in [3.05, 3.63) is 95.6 Å². The minimum Gasteiger partial charge on any atom is -0.481 e. The normalized spacial score (nSPS) is 26.7. The molecule has 248 valence electrons. The van der Waals surface area contributed by atoms with Crippen LogP contribution in [0, 0.1) is 29.6 Å². The van der Waals surface area contributed by atoms with Crippen molar-refractivity contribution in [2.45, 2.75) is 76.1 Å². The van der Waals surface area contributed by atoms with Gasteiger partial charge in [-0.1, -0.05) is 92.7 Å². The average molecular weight is 656 g/mol. The molecule has 8 heteroatoms. The highest BCUT2D eigenvalue weighted by molar-refractivity contribution is 7.59. The van der Waals surface area contributed by atoms with Gasteiger partial charge in [0, 0.05) is 12.1 Å². The van der Waals surface area contributed by atoms with Crippen LogP contribution in [0.2, 0.25) is 0 Å². The number of aliphatic carboxylic acids is 1. The molecule has 47 heavy (non-hydrogen) atoms. The van der Waals surface area contributed by atoms with Gasteiger partial charge in [-0.2, -0.15) is 0 Å². The van der Waals surface area contributed by atoms with Crippen molar-refractivity contribution >= 4 is 19.4 Å². The maximum absolute atomic E-state index is 15.5. The van der Waals surface area contributed by atoms with Crippen LogP contribution < -0.4 is 5.32 Å². The van der Waals surface area contributed by atoms with Crippen LogP contribution in [-0.4, -0.2) is 41.3 Å². The zero-order valence-corrected chi connectivity index (χ0v) is 28.2. The molecule has 3 aromatic rings. The monoisotopic (exact) mass is 655 g/mol. The third-order valence-electron chi connectivity index (χ3n) is 11.1. The van der Waals surface area contributed by atoms with Gasteiger partial charge in [-0.25, -0.2) is 4.79 Å². The van der Waals surface area contributed by atoms with E-state index in [1.807, 2.05) is 68.4 Å². The van der Waals surface area contributed by atoms with Crippen molar-refractivity contribution in [1.29, 1.82) is 0 Å². The van der Waals surface area contributed by atoms with Gasteiger partial charge in [0.15, 0.2) is 0 Å². The molecule has 8 rings (SSSR count). The Hall–Kier alpha value is -3.41. The predicted molar refractivity (Wildman–Crippen MR) is 183 cm³/mol. The number of fused-ring (bicyclic) bond motifs is 3. The summed E-state index contributed by atoms with van der Waals surface area (Å²) in [4.78, 5) is 26.4. The summed E-state index contributed by atoms with van der Waals surface area (Å²) in [5, 5.41) is 13.4. The molecule has 2 N–H and O–H groups in total. The molecule has 5 aliphatic rings. The molecule has 0 spiro atoms. The van der Waals surface area contributed by atoms with E-state index in [-0.39, 0.29) is 31.0 Å². The average Bonchev–Trinajstić information content (AvgIpc) is 3.35. The second-order valence-corrected chi connectivity index (χ2v) is 17.5. The number of carbonyl (C=O) groups is 2. The van der Waals surface area contributed by atoms with E-state index in [0.717, 1.165) is 47.1 Å². The summed E-state index contributed by atoms with van der Waals surface area (Å²) in [7, 11) is -3.78. The van der Waals surface area contributed by atoms with Crippen LogP contribution in [0.4, 0.5) is 4.79 Å². The lowest BCUT2D eigenvalue weighted by Gasteiger charge is -2.57. The minimum atomic E-state index is -3.78. The maximum atomic E-state index is 15.5. The summed E-state index contributed by atoms with van der Waals surface area (Å²) in [5.74, 6) is -1.53. The van der Waals surface area contributed by atoms with Crippen LogP contribution in [0.3, 0.4) is 0 Å². The van der Waals surface area contributed by atoms with Gasteiger partial charge in [0.2, 0.25) is 7.37 Å². The second-order valence-electron chi connectivity index (χ2n) is 15.0. The fraction of sp³-hybridized carbons (Fsp3) is 0.487. The number of hydrogen-bond acceptors (Lipinski definition) is 5. The van der Waals surface area contributed by atoms with Crippen molar-refractivity contribution in [3.63, 3.8) is 0 Å². The first kappa shape index (κ1) is 32.2. The second kappa shape index (κ2) is 12.9. The Morgan fingerprint density at radius 2 is 1.38 bits per heavy atom. The SMILES string of the molecule is CC(C)C(NC(=O)OCC1c2ccccc2-c2ccccc21)P(=O)(CC(Cc1ccccc1)C(=O)O)OC12CC3CC(CC(C3)C1)C2. The van der Waals surface area contributed by atoms with Crippen molar-refractivity contribution in [1.82, 2.24) is 5.32 Å². The Balaban J connectivity index is 1.14. The summed E-state index contributed by atoms with van der Waals surface area (Å²) < 4.78 is 28.4. The van der Waals surface area contributed by atoms with Gasteiger partial charge in [0.05, 0.1) is 11.5 Å². The van der Waals surface area contributed by atoms with E-state index >= 15 is 4.57 Å². The Bertz CT molecular complexity index is 1590.